The molecule has 0 atom stereocenters. The highest BCUT2D eigenvalue weighted by Gasteiger charge is 2.32. The van der Waals surface area contributed by atoms with Gasteiger partial charge in [0.1, 0.15) is 15.8 Å². The molecule has 0 bridgehead atoms. The minimum atomic E-state index is -0.298. The maximum atomic E-state index is 13.2. The van der Waals surface area contributed by atoms with Gasteiger partial charge in [0.25, 0.3) is 11.5 Å². The Kier molecular flexibility index (Phi) is 6.69. The molecule has 0 aliphatic carbocycles. The van der Waals surface area contributed by atoms with E-state index in [2.05, 4.69) is 10.3 Å². The van der Waals surface area contributed by atoms with Crippen LogP contribution in [0.4, 0.5) is 5.82 Å². The topological polar surface area (TPSA) is 86.9 Å². The second-order valence-corrected chi connectivity index (χ2v) is 8.96. The molecule has 2 aromatic heterocycles. The van der Waals surface area contributed by atoms with E-state index in [1.165, 1.54) is 16.2 Å². The molecule has 2 N–H and O–H groups in total. The third kappa shape index (κ3) is 4.45. The summed E-state index contributed by atoms with van der Waals surface area (Å²) in [5, 5.41) is 12.2. The van der Waals surface area contributed by atoms with Gasteiger partial charge in [0.15, 0.2) is 0 Å². The van der Waals surface area contributed by atoms with E-state index in [0.717, 1.165) is 11.1 Å². The summed E-state index contributed by atoms with van der Waals surface area (Å²) in [5.74, 6) is 0.102. The number of anilines is 1. The van der Waals surface area contributed by atoms with E-state index in [0.29, 0.717) is 33.7 Å². The fourth-order valence-corrected chi connectivity index (χ4v) is 4.75. The lowest BCUT2D eigenvalue weighted by molar-refractivity contribution is -0.122. The fraction of sp³-hybridized carbons (Fsp3) is 0.217. The number of carbonyl (C=O) groups is 1. The summed E-state index contributed by atoms with van der Waals surface area (Å²) in [6.07, 6.45) is 3.88. The van der Waals surface area contributed by atoms with Gasteiger partial charge in [-0.3, -0.25) is 18.9 Å². The van der Waals surface area contributed by atoms with Crippen molar-refractivity contribution in [1.82, 2.24) is 14.3 Å². The summed E-state index contributed by atoms with van der Waals surface area (Å²) in [7, 11) is 0. The van der Waals surface area contributed by atoms with Crippen LogP contribution in [0.3, 0.4) is 0 Å². The van der Waals surface area contributed by atoms with Crippen LogP contribution in [0.5, 0.6) is 0 Å². The Morgan fingerprint density at radius 2 is 1.97 bits per heavy atom. The Morgan fingerprint density at radius 1 is 1.19 bits per heavy atom. The van der Waals surface area contributed by atoms with Gasteiger partial charge in [-0.05, 0) is 36.6 Å². The number of nitrogens with one attached hydrogen (secondary N) is 1. The van der Waals surface area contributed by atoms with E-state index >= 15 is 0 Å². The average molecular weight is 467 g/mol. The minimum Gasteiger partial charge on any atom is -0.395 e. The second kappa shape index (κ2) is 9.64. The number of aryl methyl sites for hydroxylation is 1. The molecule has 7 nitrogen and oxygen atoms in total. The predicted molar refractivity (Wildman–Crippen MR) is 132 cm³/mol. The second-order valence-electron chi connectivity index (χ2n) is 7.28. The molecule has 3 aromatic rings. The molecule has 1 amide bonds. The number of pyridine rings is 1. The number of carbonyl (C=O) groups excluding carboxylic acids is 1. The van der Waals surface area contributed by atoms with Gasteiger partial charge < -0.3 is 10.4 Å². The van der Waals surface area contributed by atoms with Crippen LogP contribution in [-0.4, -0.2) is 49.3 Å². The van der Waals surface area contributed by atoms with Gasteiger partial charge in [0.05, 0.1) is 17.1 Å². The number of amides is 1. The predicted octanol–water partition coefficient (Wildman–Crippen LogP) is 2.85. The van der Waals surface area contributed by atoms with E-state index in [1.54, 1.807) is 23.2 Å². The Bertz CT molecular complexity index is 1270. The summed E-state index contributed by atoms with van der Waals surface area (Å²) < 4.78 is 1.92. The van der Waals surface area contributed by atoms with E-state index in [1.807, 2.05) is 43.3 Å². The van der Waals surface area contributed by atoms with E-state index in [4.69, 9.17) is 12.2 Å². The lowest BCUT2D eigenvalue weighted by atomic mass is 10.1. The molecule has 1 aromatic carbocycles. The minimum absolute atomic E-state index is 0.115. The van der Waals surface area contributed by atoms with Crippen LogP contribution < -0.4 is 10.9 Å². The number of hydrogen-bond acceptors (Lipinski definition) is 7. The molecule has 0 unspecified atom stereocenters. The number of aliphatic hydroxyl groups is 1. The number of rotatable bonds is 7. The quantitative estimate of drug-likeness (QED) is 0.409. The Labute approximate surface area is 194 Å². The molecule has 4 rings (SSSR count). The molecule has 1 aliphatic heterocycles. The zero-order valence-electron chi connectivity index (χ0n) is 17.4. The van der Waals surface area contributed by atoms with Crippen LogP contribution in [0.15, 0.2) is 58.4 Å². The van der Waals surface area contributed by atoms with Crippen LogP contribution in [0.25, 0.3) is 11.7 Å². The SMILES string of the molecule is Cc1cccn2c(=O)c(/C=C3/SC(=S)N(CCc4ccccc4)C3=O)c(NCCO)nc12. The number of aromatic nitrogens is 2. The molecule has 0 saturated carbocycles. The van der Waals surface area contributed by atoms with Gasteiger partial charge in [0, 0.05) is 19.3 Å². The number of hydrogen-bond donors (Lipinski definition) is 2. The average Bonchev–Trinajstić information content (AvgIpc) is 3.06. The van der Waals surface area contributed by atoms with Gasteiger partial charge >= 0.3 is 0 Å². The number of fused-ring (bicyclic) bond motifs is 1. The Balaban J connectivity index is 1.68. The molecule has 9 heteroatoms. The number of thiocarbonyl (C=S) groups is 1. The Hall–Kier alpha value is -3.01. The highest BCUT2D eigenvalue weighted by molar-refractivity contribution is 8.26. The highest BCUT2D eigenvalue weighted by atomic mass is 32.2. The first-order chi connectivity index (χ1) is 15.5. The molecule has 0 spiro atoms. The zero-order chi connectivity index (χ0) is 22.7. The van der Waals surface area contributed by atoms with Gasteiger partial charge in [-0.1, -0.05) is 60.4 Å². The van der Waals surface area contributed by atoms with Gasteiger partial charge in [-0.15, -0.1) is 0 Å². The van der Waals surface area contributed by atoms with Gasteiger partial charge in [-0.25, -0.2) is 4.98 Å². The van der Waals surface area contributed by atoms with Crippen molar-refractivity contribution in [3.63, 3.8) is 0 Å². The van der Waals surface area contributed by atoms with Gasteiger partial charge in [-0.2, -0.15) is 0 Å². The summed E-state index contributed by atoms with van der Waals surface area (Å²) in [6.45, 7) is 2.45. The number of aliphatic hydroxyl groups excluding tert-OH is 1. The summed E-state index contributed by atoms with van der Waals surface area (Å²) in [5.41, 5.74) is 2.44. The summed E-state index contributed by atoms with van der Waals surface area (Å²) in [4.78, 5) is 32.8. The normalized spacial score (nSPS) is 15.2. The van der Waals surface area contributed by atoms with Crippen LogP contribution in [0.2, 0.25) is 0 Å². The first-order valence-electron chi connectivity index (χ1n) is 10.2. The largest absolute Gasteiger partial charge is 0.395 e. The third-order valence-corrected chi connectivity index (χ3v) is 6.48. The van der Waals surface area contributed by atoms with E-state index in [9.17, 15) is 14.7 Å². The first-order valence-corrected chi connectivity index (χ1v) is 11.4. The smallest absolute Gasteiger partial charge is 0.267 e. The molecular weight excluding hydrogens is 444 g/mol. The molecule has 1 aliphatic rings. The van der Waals surface area contributed by atoms with Crippen molar-refractivity contribution < 1.29 is 9.90 Å². The van der Waals surface area contributed by atoms with E-state index in [-0.39, 0.29) is 30.2 Å². The zero-order valence-corrected chi connectivity index (χ0v) is 19.1. The lowest BCUT2D eigenvalue weighted by Crippen LogP contribution is -2.30. The monoisotopic (exact) mass is 466 g/mol. The number of nitrogens with zero attached hydrogens (tertiary/aromatic N) is 3. The molecule has 1 fully saturated rings. The lowest BCUT2D eigenvalue weighted by Gasteiger charge is -2.14. The Morgan fingerprint density at radius 3 is 2.72 bits per heavy atom. The van der Waals surface area contributed by atoms with Crippen molar-refractivity contribution in [2.45, 2.75) is 13.3 Å². The first kappa shape index (κ1) is 22.2. The third-order valence-electron chi connectivity index (χ3n) is 5.10. The van der Waals surface area contributed by atoms with Crippen molar-refractivity contribution >= 4 is 51.7 Å². The summed E-state index contributed by atoms with van der Waals surface area (Å²) in [6, 6.07) is 13.5. The molecule has 32 heavy (non-hydrogen) atoms. The number of thioether (sulfide) groups is 1. The van der Waals surface area contributed by atoms with Gasteiger partial charge in [0.2, 0.25) is 0 Å². The molecule has 0 radical (unpaired) electrons. The highest BCUT2D eigenvalue weighted by Crippen LogP contribution is 2.33. The van der Waals surface area contributed by atoms with Crippen LogP contribution in [-0.2, 0) is 11.2 Å². The van der Waals surface area contributed by atoms with E-state index < -0.39 is 0 Å². The van der Waals surface area contributed by atoms with Crippen molar-refractivity contribution in [2.24, 2.45) is 0 Å². The van der Waals surface area contributed by atoms with Crippen molar-refractivity contribution in [3.05, 3.63) is 80.6 Å². The maximum Gasteiger partial charge on any atom is 0.267 e. The summed E-state index contributed by atoms with van der Waals surface area (Å²) >= 11 is 6.61. The number of benzene rings is 1. The van der Waals surface area contributed by atoms with Crippen LogP contribution >= 0.6 is 24.0 Å². The van der Waals surface area contributed by atoms with Crippen molar-refractivity contribution in [2.75, 3.05) is 25.0 Å². The maximum absolute atomic E-state index is 13.2. The van der Waals surface area contributed by atoms with Crippen molar-refractivity contribution in [1.29, 1.82) is 0 Å². The van der Waals surface area contributed by atoms with Crippen molar-refractivity contribution in [3.8, 4) is 0 Å². The fourth-order valence-electron chi connectivity index (χ4n) is 3.46. The molecule has 1 saturated heterocycles. The molecule has 3 heterocycles. The van der Waals surface area contributed by atoms with Crippen LogP contribution in [0, 0.1) is 6.92 Å². The molecule has 164 valence electrons. The van der Waals surface area contributed by atoms with Crippen LogP contribution in [0.1, 0.15) is 16.7 Å². The standard InChI is InChI=1S/C23H22N4O3S2/c1-15-6-5-11-26-20(15)25-19(24-10-13-28)17(21(26)29)14-18-22(30)27(23(31)32-18)12-9-16-7-3-2-4-8-16/h2-8,11,14,24,28H,9-10,12-13H2,1H3/b18-14+. The molecular formula is C23H22N4O3S2.